The number of halogens is 1. The van der Waals surface area contributed by atoms with Crippen LogP contribution in [-0.2, 0) is 29.6 Å². The highest BCUT2D eigenvalue weighted by Crippen LogP contribution is 2.28. The predicted molar refractivity (Wildman–Crippen MR) is 123 cm³/mol. The van der Waals surface area contributed by atoms with Crippen molar-refractivity contribution in [1.29, 1.82) is 0 Å². The number of rotatable bonds is 7. The summed E-state index contributed by atoms with van der Waals surface area (Å²) < 4.78 is 57.5. The molecular weight excluding hydrogens is 478 g/mol. The van der Waals surface area contributed by atoms with Crippen LogP contribution in [0.4, 0.5) is 11.4 Å². The zero-order valence-corrected chi connectivity index (χ0v) is 20.0. The Labute approximate surface area is 193 Å². The molecule has 0 bridgehead atoms. The van der Waals surface area contributed by atoms with Gasteiger partial charge in [0, 0.05) is 23.8 Å². The van der Waals surface area contributed by atoms with Crippen LogP contribution in [0.5, 0.6) is 0 Å². The number of nitrogens with zero attached hydrogens (tertiary/aromatic N) is 2. The van der Waals surface area contributed by atoms with Crippen molar-refractivity contribution in [1.82, 2.24) is 4.31 Å². The molecule has 0 radical (unpaired) electrons. The zero-order chi connectivity index (χ0) is 23.5. The quantitative estimate of drug-likeness (QED) is 0.621. The van der Waals surface area contributed by atoms with Crippen LogP contribution in [-0.4, -0.2) is 66.2 Å². The molecule has 1 aliphatic rings. The van der Waals surface area contributed by atoms with Crippen LogP contribution in [0.25, 0.3) is 0 Å². The fourth-order valence-electron chi connectivity index (χ4n) is 3.22. The van der Waals surface area contributed by atoms with Crippen LogP contribution in [0.1, 0.15) is 5.56 Å². The van der Waals surface area contributed by atoms with E-state index in [9.17, 15) is 21.6 Å². The molecule has 174 valence electrons. The maximum Gasteiger partial charge on any atom is 0.245 e. The van der Waals surface area contributed by atoms with Crippen LogP contribution in [0.3, 0.4) is 0 Å². The molecule has 0 aromatic heterocycles. The number of anilines is 2. The molecule has 1 saturated heterocycles. The Morgan fingerprint density at radius 1 is 1.09 bits per heavy atom. The van der Waals surface area contributed by atoms with Gasteiger partial charge in [0.05, 0.1) is 30.1 Å². The smallest absolute Gasteiger partial charge is 0.245 e. The Balaban J connectivity index is 1.74. The third-order valence-corrected chi connectivity index (χ3v) is 8.39. The number of carbonyl (C=O) groups is 1. The van der Waals surface area contributed by atoms with E-state index < -0.39 is 32.5 Å². The van der Waals surface area contributed by atoms with Crippen molar-refractivity contribution in [3.8, 4) is 0 Å². The normalized spacial score (nSPS) is 15.3. The third kappa shape index (κ3) is 5.59. The van der Waals surface area contributed by atoms with E-state index >= 15 is 0 Å². The standard InChI is InChI=1S/C20H24ClN3O6S2/c1-15-18(21)4-3-5-19(15)24(31(2,26)27)14-20(25)22-16-6-8-17(9-7-16)32(28,29)23-10-12-30-13-11-23/h3-9H,10-14H2,1-2H3,(H,22,25). The molecular formula is C20H24ClN3O6S2. The van der Waals surface area contributed by atoms with Gasteiger partial charge in [0.25, 0.3) is 0 Å². The van der Waals surface area contributed by atoms with Crippen molar-refractivity contribution >= 4 is 48.9 Å². The summed E-state index contributed by atoms with van der Waals surface area (Å²) in [5.74, 6) is -0.585. The van der Waals surface area contributed by atoms with Crippen molar-refractivity contribution in [2.75, 3.05) is 48.7 Å². The molecule has 0 saturated carbocycles. The summed E-state index contributed by atoms with van der Waals surface area (Å²) in [6.07, 6.45) is 1.01. The van der Waals surface area contributed by atoms with E-state index in [-0.39, 0.29) is 18.0 Å². The summed E-state index contributed by atoms with van der Waals surface area (Å²) in [6, 6.07) is 10.5. The van der Waals surface area contributed by atoms with Crippen LogP contribution in [0.2, 0.25) is 5.02 Å². The molecule has 0 spiro atoms. The fourth-order valence-corrected chi connectivity index (χ4v) is 5.71. The zero-order valence-electron chi connectivity index (χ0n) is 17.6. The van der Waals surface area contributed by atoms with Gasteiger partial charge in [0.1, 0.15) is 6.54 Å². The molecule has 0 atom stereocenters. The molecule has 0 aliphatic carbocycles. The summed E-state index contributed by atoms with van der Waals surface area (Å²) in [4.78, 5) is 12.7. The number of carbonyl (C=O) groups excluding carboxylic acids is 1. The van der Waals surface area contributed by atoms with Gasteiger partial charge in [-0.15, -0.1) is 0 Å². The minimum absolute atomic E-state index is 0.102. The maximum atomic E-state index is 12.7. The fraction of sp³-hybridized carbons (Fsp3) is 0.350. The largest absolute Gasteiger partial charge is 0.379 e. The van der Waals surface area contributed by atoms with Gasteiger partial charge in [0.15, 0.2) is 0 Å². The molecule has 1 heterocycles. The number of benzene rings is 2. The molecule has 1 aliphatic heterocycles. The van der Waals surface area contributed by atoms with Crippen molar-refractivity contribution in [3.05, 3.63) is 53.1 Å². The number of hydrogen-bond acceptors (Lipinski definition) is 6. The van der Waals surface area contributed by atoms with Crippen molar-refractivity contribution in [2.24, 2.45) is 0 Å². The number of hydrogen-bond donors (Lipinski definition) is 1. The first-order valence-corrected chi connectivity index (χ1v) is 13.4. The van der Waals surface area contributed by atoms with E-state index in [4.69, 9.17) is 16.3 Å². The minimum Gasteiger partial charge on any atom is -0.379 e. The Bertz CT molecular complexity index is 1190. The summed E-state index contributed by atoms with van der Waals surface area (Å²) in [7, 11) is -7.41. The molecule has 1 amide bonds. The lowest BCUT2D eigenvalue weighted by Crippen LogP contribution is -2.40. The Hall–Kier alpha value is -2.18. The number of morpholine rings is 1. The van der Waals surface area contributed by atoms with E-state index in [0.717, 1.165) is 10.6 Å². The summed E-state index contributed by atoms with van der Waals surface area (Å²) >= 11 is 6.10. The molecule has 3 rings (SSSR count). The minimum atomic E-state index is -3.76. The van der Waals surface area contributed by atoms with E-state index in [1.165, 1.54) is 28.6 Å². The topological polar surface area (TPSA) is 113 Å². The monoisotopic (exact) mass is 501 g/mol. The summed E-state index contributed by atoms with van der Waals surface area (Å²) in [5, 5.41) is 2.98. The molecule has 32 heavy (non-hydrogen) atoms. The van der Waals surface area contributed by atoms with Crippen molar-refractivity contribution in [2.45, 2.75) is 11.8 Å². The van der Waals surface area contributed by atoms with Crippen molar-refractivity contribution < 1.29 is 26.4 Å². The highest BCUT2D eigenvalue weighted by molar-refractivity contribution is 7.92. The van der Waals surface area contributed by atoms with Crippen molar-refractivity contribution in [3.63, 3.8) is 0 Å². The highest BCUT2D eigenvalue weighted by atomic mass is 35.5. The maximum absolute atomic E-state index is 12.7. The first kappa shape index (κ1) is 24.5. The van der Waals surface area contributed by atoms with E-state index in [0.29, 0.717) is 35.2 Å². The molecule has 12 heteroatoms. The van der Waals surface area contributed by atoms with Crippen LogP contribution in [0.15, 0.2) is 47.4 Å². The highest BCUT2D eigenvalue weighted by Gasteiger charge is 2.26. The lowest BCUT2D eigenvalue weighted by atomic mass is 10.2. The Morgan fingerprint density at radius 3 is 2.31 bits per heavy atom. The second-order valence-corrected chi connectivity index (χ2v) is 11.5. The number of amides is 1. The Morgan fingerprint density at radius 2 is 1.72 bits per heavy atom. The third-order valence-electron chi connectivity index (χ3n) is 4.94. The summed E-state index contributed by atoms with van der Waals surface area (Å²) in [5.41, 5.74) is 1.18. The average molecular weight is 502 g/mol. The van der Waals surface area contributed by atoms with Crippen LogP contribution < -0.4 is 9.62 Å². The van der Waals surface area contributed by atoms with Crippen LogP contribution in [0, 0.1) is 6.92 Å². The molecule has 1 N–H and O–H groups in total. The van der Waals surface area contributed by atoms with Gasteiger partial charge in [-0.05, 0) is 48.9 Å². The lowest BCUT2D eigenvalue weighted by Gasteiger charge is -2.26. The second-order valence-electron chi connectivity index (χ2n) is 7.24. The van der Waals surface area contributed by atoms with Gasteiger partial charge >= 0.3 is 0 Å². The van der Waals surface area contributed by atoms with E-state index in [1.807, 2.05) is 0 Å². The van der Waals surface area contributed by atoms with E-state index in [1.54, 1.807) is 25.1 Å². The van der Waals surface area contributed by atoms with Gasteiger partial charge < -0.3 is 10.1 Å². The average Bonchev–Trinajstić information content (AvgIpc) is 2.74. The van der Waals surface area contributed by atoms with Gasteiger partial charge in [0.2, 0.25) is 26.0 Å². The first-order chi connectivity index (χ1) is 15.0. The number of nitrogens with one attached hydrogen (secondary N) is 1. The van der Waals surface area contributed by atoms with Gasteiger partial charge in [-0.25, -0.2) is 16.8 Å². The predicted octanol–water partition coefficient (Wildman–Crippen LogP) is 2.07. The van der Waals surface area contributed by atoms with Crippen LogP contribution >= 0.6 is 11.6 Å². The van der Waals surface area contributed by atoms with Gasteiger partial charge in [-0.2, -0.15) is 4.31 Å². The number of sulfonamides is 2. The molecule has 0 unspecified atom stereocenters. The second kappa shape index (κ2) is 9.75. The molecule has 2 aromatic carbocycles. The van der Waals surface area contributed by atoms with E-state index in [2.05, 4.69) is 5.32 Å². The molecule has 1 fully saturated rings. The first-order valence-electron chi connectivity index (χ1n) is 9.71. The summed E-state index contributed by atoms with van der Waals surface area (Å²) in [6.45, 7) is 2.46. The molecule has 9 nitrogen and oxygen atoms in total. The SMILES string of the molecule is Cc1c(Cl)cccc1N(CC(=O)Nc1ccc(S(=O)(=O)N2CCOCC2)cc1)S(C)(=O)=O. The van der Waals surface area contributed by atoms with Gasteiger partial charge in [-0.1, -0.05) is 17.7 Å². The van der Waals surface area contributed by atoms with Gasteiger partial charge in [-0.3, -0.25) is 9.10 Å². The Kier molecular flexibility index (Phi) is 7.46. The number of ether oxygens (including phenoxy) is 1. The lowest BCUT2D eigenvalue weighted by molar-refractivity contribution is -0.114. The molecule has 2 aromatic rings.